The van der Waals surface area contributed by atoms with Gasteiger partial charge >= 0.3 is 6.03 Å². The van der Waals surface area contributed by atoms with E-state index in [0.717, 1.165) is 17.9 Å². The van der Waals surface area contributed by atoms with Crippen molar-refractivity contribution < 1.29 is 14.3 Å². The maximum absolute atomic E-state index is 12.1. The van der Waals surface area contributed by atoms with E-state index in [1.54, 1.807) is 12.0 Å². The molecule has 1 heterocycles. The van der Waals surface area contributed by atoms with Gasteiger partial charge in [0.15, 0.2) is 0 Å². The molecule has 1 N–H and O–H groups in total. The van der Waals surface area contributed by atoms with Gasteiger partial charge in [-0.15, -0.1) is 0 Å². The Hall–Kier alpha value is -1.30. The summed E-state index contributed by atoms with van der Waals surface area (Å²) in [7, 11) is 1.64. The van der Waals surface area contributed by atoms with Gasteiger partial charge in [0.25, 0.3) is 0 Å². The maximum atomic E-state index is 12.1. The van der Waals surface area contributed by atoms with Crippen molar-refractivity contribution in [2.75, 3.05) is 40.0 Å². The first-order valence-electron chi connectivity index (χ1n) is 7.57. The Morgan fingerprint density at radius 2 is 2.23 bits per heavy atom. The molecule has 2 rings (SSSR count). The third kappa shape index (κ3) is 5.48. The number of methoxy groups -OCH3 is 1. The van der Waals surface area contributed by atoms with E-state index in [-0.39, 0.29) is 12.1 Å². The summed E-state index contributed by atoms with van der Waals surface area (Å²) in [4.78, 5) is 13.9. The average Bonchev–Trinajstić information content (AvgIpc) is 2.53. The van der Waals surface area contributed by atoms with E-state index in [9.17, 15) is 4.79 Å². The minimum atomic E-state index is -0.0291. The van der Waals surface area contributed by atoms with Crippen molar-refractivity contribution in [3.8, 4) is 0 Å². The summed E-state index contributed by atoms with van der Waals surface area (Å²) in [5.41, 5.74) is 1.23. The third-order valence-corrected chi connectivity index (χ3v) is 3.86. The van der Waals surface area contributed by atoms with Crippen molar-refractivity contribution in [2.24, 2.45) is 0 Å². The lowest BCUT2D eigenvalue weighted by Crippen LogP contribution is -2.50. The van der Waals surface area contributed by atoms with Crippen LogP contribution in [0.3, 0.4) is 0 Å². The second-order valence-corrected chi connectivity index (χ2v) is 5.79. The van der Waals surface area contributed by atoms with Crippen LogP contribution in [0.5, 0.6) is 0 Å². The van der Waals surface area contributed by atoms with Gasteiger partial charge in [0.2, 0.25) is 0 Å². The summed E-state index contributed by atoms with van der Waals surface area (Å²) in [5, 5.41) is 3.71. The molecule has 1 atom stereocenters. The lowest BCUT2D eigenvalue weighted by Gasteiger charge is -2.32. The highest BCUT2D eigenvalue weighted by atomic mass is 35.5. The topological polar surface area (TPSA) is 50.8 Å². The molecule has 2 amide bonds. The highest BCUT2D eigenvalue weighted by Gasteiger charge is 2.23. The van der Waals surface area contributed by atoms with Gasteiger partial charge in [0, 0.05) is 25.2 Å². The lowest BCUT2D eigenvalue weighted by molar-refractivity contribution is -0.0494. The van der Waals surface area contributed by atoms with Crippen LogP contribution in [0.1, 0.15) is 12.0 Å². The Morgan fingerprint density at radius 3 is 2.95 bits per heavy atom. The second kappa shape index (κ2) is 8.98. The summed E-state index contributed by atoms with van der Waals surface area (Å²) in [6.45, 7) is 2.94. The monoisotopic (exact) mass is 326 g/mol. The van der Waals surface area contributed by atoms with Gasteiger partial charge in [-0.2, -0.15) is 0 Å². The predicted molar refractivity (Wildman–Crippen MR) is 86.4 cm³/mol. The van der Waals surface area contributed by atoms with Gasteiger partial charge in [0.05, 0.1) is 25.9 Å². The molecule has 6 heteroatoms. The molecule has 1 aromatic carbocycles. The van der Waals surface area contributed by atoms with Crippen molar-refractivity contribution in [1.82, 2.24) is 10.2 Å². The zero-order chi connectivity index (χ0) is 15.8. The fraction of sp³-hybridized carbons (Fsp3) is 0.562. The molecule has 0 saturated carbocycles. The molecule has 22 heavy (non-hydrogen) atoms. The van der Waals surface area contributed by atoms with Crippen LogP contribution in [-0.2, 0) is 15.9 Å². The number of nitrogens with zero attached hydrogens (tertiary/aromatic N) is 1. The number of hydrogen-bond donors (Lipinski definition) is 1. The first-order valence-corrected chi connectivity index (χ1v) is 7.94. The molecule has 0 aromatic heterocycles. The number of benzene rings is 1. The number of morpholine rings is 1. The molecule has 1 unspecified atom stereocenters. The van der Waals surface area contributed by atoms with Gasteiger partial charge in [-0.25, -0.2) is 4.79 Å². The molecular weight excluding hydrogens is 304 g/mol. The molecule has 1 aromatic rings. The van der Waals surface area contributed by atoms with Crippen molar-refractivity contribution >= 4 is 17.6 Å². The highest BCUT2D eigenvalue weighted by molar-refractivity contribution is 6.30. The van der Waals surface area contributed by atoms with Gasteiger partial charge in [-0.1, -0.05) is 23.7 Å². The Labute approximate surface area is 136 Å². The first-order chi connectivity index (χ1) is 10.7. The van der Waals surface area contributed by atoms with Crippen LogP contribution in [0, 0.1) is 0 Å². The van der Waals surface area contributed by atoms with Gasteiger partial charge in [0.1, 0.15) is 0 Å². The van der Waals surface area contributed by atoms with Crippen molar-refractivity contribution in [1.29, 1.82) is 0 Å². The summed E-state index contributed by atoms with van der Waals surface area (Å²) in [6.07, 6.45) is 1.80. The number of urea groups is 1. The molecule has 0 bridgehead atoms. The van der Waals surface area contributed by atoms with E-state index in [1.807, 2.05) is 24.3 Å². The highest BCUT2D eigenvalue weighted by Crippen LogP contribution is 2.11. The predicted octanol–water partition coefficient (Wildman–Crippen LogP) is 2.33. The van der Waals surface area contributed by atoms with Crippen molar-refractivity contribution in [3.05, 3.63) is 34.9 Å². The summed E-state index contributed by atoms with van der Waals surface area (Å²) < 4.78 is 10.6. The number of halogens is 1. The number of ether oxygens (including phenoxy) is 2. The van der Waals surface area contributed by atoms with Crippen LogP contribution < -0.4 is 5.32 Å². The molecule has 122 valence electrons. The maximum Gasteiger partial charge on any atom is 0.317 e. The lowest BCUT2D eigenvalue weighted by atomic mass is 10.1. The van der Waals surface area contributed by atoms with Crippen LogP contribution in [0.15, 0.2) is 24.3 Å². The second-order valence-electron chi connectivity index (χ2n) is 5.36. The zero-order valence-corrected chi connectivity index (χ0v) is 13.6. The van der Waals surface area contributed by atoms with E-state index in [4.69, 9.17) is 21.1 Å². The van der Waals surface area contributed by atoms with Gasteiger partial charge in [-0.05, 0) is 30.5 Å². The molecule has 1 aliphatic heterocycles. The van der Waals surface area contributed by atoms with Crippen LogP contribution >= 0.6 is 11.6 Å². The van der Waals surface area contributed by atoms with Crippen LogP contribution in [0.4, 0.5) is 4.79 Å². The molecule has 1 fully saturated rings. The van der Waals surface area contributed by atoms with E-state index >= 15 is 0 Å². The number of rotatable bonds is 6. The van der Waals surface area contributed by atoms with Crippen LogP contribution in [-0.4, -0.2) is 57.0 Å². The molecular formula is C16H23ClN2O3. The molecule has 0 aliphatic carbocycles. The smallest absolute Gasteiger partial charge is 0.317 e. The number of aryl methyl sites for hydroxylation is 1. The Morgan fingerprint density at radius 1 is 1.45 bits per heavy atom. The van der Waals surface area contributed by atoms with Gasteiger partial charge in [-0.3, -0.25) is 0 Å². The van der Waals surface area contributed by atoms with Crippen molar-refractivity contribution in [3.63, 3.8) is 0 Å². The average molecular weight is 327 g/mol. The normalized spacial score (nSPS) is 18.3. The zero-order valence-electron chi connectivity index (χ0n) is 12.9. The minimum Gasteiger partial charge on any atom is -0.382 e. The number of hydrogen-bond acceptors (Lipinski definition) is 3. The quantitative estimate of drug-likeness (QED) is 0.816. The van der Waals surface area contributed by atoms with Crippen LogP contribution in [0.2, 0.25) is 5.02 Å². The Balaban J connectivity index is 1.65. The summed E-state index contributed by atoms with van der Waals surface area (Å²) >= 11 is 5.85. The fourth-order valence-electron chi connectivity index (χ4n) is 2.44. The number of nitrogens with one attached hydrogen (secondary N) is 1. The number of carbonyl (C=O) groups excluding carboxylic acids is 1. The largest absolute Gasteiger partial charge is 0.382 e. The Kier molecular flexibility index (Phi) is 6.96. The standard InChI is InChI=1S/C16H23ClN2O3/c1-21-12-15-11-19(9-10-22-15)16(20)18-8-2-3-13-4-6-14(17)7-5-13/h4-7,15H,2-3,8-12H2,1H3,(H,18,20). The molecule has 0 spiro atoms. The summed E-state index contributed by atoms with van der Waals surface area (Å²) in [6, 6.07) is 7.78. The minimum absolute atomic E-state index is 0.0273. The van der Waals surface area contributed by atoms with Crippen LogP contribution in [0.25, 0.3) is 0 Å². The van der Waals surface area contributed by atoms with Crippen molar-refractivity contribution in [2.45, 2.75) is 18.9 Å². The van der Waals surface area contributed by atoms with E-state index in [1.165, 1.54) is 5.56 Å². The molecule has 0 radical (unpaired) electrons. The first kappa shape index (κ1) is 17.1. The SMILES string of the molecule is COCC1CN(C(=O)NCCCc2ccc(Cl)cc2)CCO1. The number of carbonyl (C=O) groups is 1. The number of amides is 2. The molecule has 1 saturated heterocycles. The van der Waals surface area contributed by atoms with E-state index < -0.39 is 0 Å². The van der Waals surface area contributed by atoms with Gasteiger partial charge < -0.3 is 19.7 Å². The molecule has 1 aliphatic rings. The summed E-state index contributed by atoms with van der Waals surface area (Å²) in [5.74, 6) is 0. The fourth-order valence-corrected chi connectivity index (χ4v) is 2.57. The Bertz CT molecular complexity index is 465. The van der Waals surface area contributed by atoms with E-state index in [2.05, 4.69) is 5.32 Å². The third-order valence-electron chi connectivity index (χ3n) is 3.61. The molecule has 5 nitrogen and oxygen atoms in total. The van der Waals surface area contributed by atoms with E-state index in [0.29, 0.717) is 32.8 Å².